The van der Waals surface area contributed by atoms with Gasteiger partial charge in [-0.2, -0.15) is 0 Å². The summed E-state index contributed by atoms with van der Waals surface area (Å²) < 4.78 is 0. The third-order valence-electron chi connectivity index (χ3n) is 1.10. The molecular formula is C5H9Cl3O2Si. The van der Waals surface area contributed by atoms with Gasteiger partial charge in [0.2, 0.25) is 0 Å². The number of unbranched alkanes of at least 4 members (excludes halogenated alkanes) is 1. The van der Waals surface area contributed by atoms with Gasteiger partial charge in [0.15, 0.2) is 0 Å². The van der Waals surface area contributed by atoms with E-state index >= 15 is 0 Å². The molecule has 0 amide bonds. The van der Waals surface area contributed by atoms with Crippen LogP contribution in [0.15, 0.2) is 0 Å². The van der Waals surface area contributed by atoms with E-state index in [0.29, 0.717) is 18.9 Å². The molecule has 0 bridgehead atoms. The van der Waals surface area contributed by atoms with Crippen LogP contribution >= 0.6 is 33.2 Å². The molecule has 0 rings (SSSR count). The number of aliphatic carboxylic acids is 1. The summed E-state index contributed by atoms with van der Waals surface area (Å²) in [5.41, 5.74) is 0. The molecule has 0 aromatic rings. The van der Waals surface area contributed by atoms with Gasteiger partial charge in [0, 0.05) is 6.42 Å². The molecule has 6 heteroatoms. The van der Waals surface area contributed by atoms with E-state index in [1.165, 1.54) is 0 Å². The molecule has 2 nitrogen and oxygen atoms in total. The molecule has 11 heavy (non-hydrogen) atoms. The molecule has 0 aliphatic carbocycles. The lowest BCUT2D eigenvalue weighted by Gasteiger charge is -2.05. The summed E-state index contributed by atoms with van der Waals surface area (Å²) >= 11 is 16.7. The second kappa shape index (κ2) is 5.25. The van der Waals surface area contributed by atoms with E-state index in [0.717, 1.165) is 0 Å². The van der Waals surface area contributed by atoms with Crippen molar-refractivity contribution in [3.63, 3.8) is 0 Å². The molecule has 66 valence electrons. The monoisotopic (exact) mass is 234 g/mol. The summed E-state index contributed by atoms with van der Waals surface area (Å²) in [6, 6.07) is -1.96. The van der Waals surface area contributed by atoms with Gasteiger partial charge in [-0.15, -0.1) is 33.2 Å². The standard InChI is InChI=1S/C5H9Cl3O2Si/c6-11(7,8)4-2-1-3-5(9)10/h1-4H2,(H,9,10). The lowest BCUT2D eigenvalue weighted by molar-refractivity contribution is -0.137. The highest BCUT2D eigenvalue weighted by molar-refractivity contribution is 7.64. The van der Waals surface area contributed by atoms with E-state index in [4.69, 9.17) is 38.3 Å². The van der Waals surface area contributed by atoms with Crippen molar-refractivity contribution >= 4 is 45.2 Å². The first-order valence-corrected chi connectivity index (χ1v) is 8.44. The molecule has 0 aliphatic heterocycles. The van der Waals surface area contributed by atoms with Crippen LogP contribution in [0.4, 0.5) is 0 Å². The minimum absolute atomic E-state index is 0.162. The Labute approximate surface area is 80.6 Å². The highest BCUT2D eigenvalue weighted by Crippen LogP contribution is 2.27. The lowest BCUT2D eigenvalue weighted by atomic mass is 10.2. The second-order valence-corrected chi connectivity index (χ2v) is 11.5. The van der Waals surface area contributed by atoms with E-state index in [1.807, 2.05) is 0 Å². The van der Waals surface area contributed by atoms with Gasteiger partial charge in [0.05, 0.1) is 0 Å². The van der Waals surface area contributed by atoms with Crippen molar-refractivity contribution in [2.45, 2.75) is 25.3 Å². The third-order valence-corrected chi connectivity index (χ3v) is 3.72. The Morgan fingerprint density at radius 1 is 1.27 bits per heavy atom. The highest BCUT2D eigenvalue weighted by Gasteiger charge is 2.23. The van der Waals surface area contributed by atoms with Crippen LogP contribution in [0.5, 0.6) is 0 Å². The molecule has 0 radical (unpaired) electrons. The number of halogens is 3. The summed E-state index contributed by atoms with van der Waals surface area (Å²) in [6.07, 6.45) is 1.44. The van der Waals surface area contributed by atoms with Crippen molar-refractivity contribution in [1.82, 2.24) is 0 Å². The fourth-order valence-electron chi connectivity index (χ4n) is 0.602. The zero-order chi connectivity index (χ0) is 8.91. The van der Waals surface area contributed by atoms with Gasteiger partial charge in [-0.25, -0.2) is 0 Å². The molecule has 0 unspecified atom stereocenters. The number of carbonyl (C=O) groups is 1. The van der Waals surface area contributed by atoms with Crippen molar-refractivity contribution in [2.75, 3.05) is 0 Å². The molecule has 0 saturated carbocycles. The average Bonchev–Trinajstić information content (AvgIpc) is 1.78. The molecule has 0 saturated heterocycles. The van der Waals surface area contributed by atoms with Crippen LogP contribution in [-0.2, 0) is 4.79 Å². The van der Waals surface area contributed by atoms with Crippen LogP contribution in [0, 0.1) is 0 Å². The first-order valence-electron chi connectivity index (χ1n) is 3.20. The molecule has 0 fully saturated rings. The predicted octanol–water partition coefficient (Wildman–Crippen LogP) is 2.90. The Morgan fingerprint density at radius 3 is 2.18 bits per heavy atom. The van der Waals surface area contributed by atoms with E-state index in [2.05, 4.69) is 0 Å². The first kappa shape index (κ1) is 11.6. The number of hydrogen-bond acceptors (Lipinski definition) is 1. The van der Waals surface area contributed by atoms with E-state index in [1.54, 1.807) is 0 Å². The van der Waals surface area contributed by atoms with Crippen molar-refractivity contribution < 1.29 is 9.90 Å². The fourth-order valence-corrected chi connectivity index (χ4v) is 2.46. The summed E-state index contributed by atoms with van der Waals surface area (Å²) in [4.78, 5) is 10.0. The maximum atomic E-state index is 10.0. The lowest BCUT2D eigenvalue weighted by Crippen LogP contribution is -2.08. The zero-order valence-corrected chi connectivity index (χ0v) is 9.09. The molecule has 1 N–H and O–H groups in total. The third kappa shape index (κ3) is 10.6. The smallest absolute Gasteiger partial charge is 0.341 e. The van der Waals surface area contributed by atoms with Crippen LogP contribution in [0.3, 0.4) is 0 Å². The summed E-state index contributed by atoms with van der Waals surface area (Å²) in [6.45, 7) is 0. The van der Waals surface area contributed by atoms with Crippen LogP contribution in [0.25, 0.3) is 0 Å². The van der Waals surface area contributed by atoms with Gasteiger partial charge in [-0.05, 0) is 12.5 Å². The van der Waals surface area contributed by atoms with Crippen LogP contribution in [0.2, 0.25) is 6.04 Å². The van der Waals surface area contributed by atoms with Crippen molar-refractivity contribution in [1.29, 1.82) is 0 Å². The molecule has 0 aliphatic rings. The molecule has 0 atom stereocenters. The molecule has 0 heterocycles. The van der Waals surface area contributed by atoms with Crippen LogP contribution < -0.4 is 0 Å². The molecule has 0 aromatic carbocycles. The average molecular weight is 236 g/mol. The minimum atomic E-state index is -2.51. The van der Waals surface area contributed by atoms with Gasteiger partial charge >= 0.3 is 12.0 Å². The van der Waals surface area contributed by atoms with Crippen molar-refractivity contribution in [3.05, 3.63) is 0 Å². The van der Waals surface area contributed by atoms with Gasteiger partial charge in [0.1, 0.15) is 0 Å². The predicted molar refractivity (Wildman–Crippen MR) is 49.6 cm³/mol. The van der Waals surface area contributed by atoms with Crippen LogP contribution in [-0.4, -0.2) is 17.1 Å². The maximum Gasteiger partial charge on any atom is 0.341 e. The van der Waals surface area contributed by atoms with E-state index in [9.17, 15) is 4.79 Å². The molecule has 0 aromatic heterocycles. The van der Waals surface area contributed by atoms with Crippen molar-refractivity contribution in [3.8, 4) is 0 Å². The van der Waals surface area contributed by atoms with E-state index in [-0.39, 0.29) is 6.42 Å². The van der Waals surface area contributed by atoms with Gasteiger partial charge in [-0.3, -0.25) is 4.79 Å². The largest absolute Gasteiger partial charge is 0.481 e. The number of hydrogen-bond donors (Lipinski definition) is 1. The Morgan fingerprint density at radius 2 is 1.82 bits per heavy atom. The topological polar surface area (TPSA) is 37.3 Å². The zero-order valence-electron chi connectivity index (χ0n) is 5.82. The summed E-state index contributed by atoms with van der Waals surface area (Å²) in [5, 5.41) is 8.26. The normalized spacial score (nSPS) is 11.5. The number of carboxylic acids is 1. The maximum absolute atomic E-state index is 10.0. The minimum Gasteiger partial charge on any atom is -0.481 e. The quantitative estimate of drug-likeness (QED) is 0.452. The van der Waals surface area contributed by atoms with Crippen molar-refractivity contribution in [2.24, 2.45) is 0 Å². The van der Waals surface area contributed by atoms with Gasteiger partial charge in [-0.1, -0.05) is 6.42 Å². The highest BCUT2D eigenvalue weighted by atomic mass is 35.8. The fraction of sp³-hybridized carbons (Fsp3) is 0.800. The van der Waals surface area contributed by atoms with Gasteiger partial charge in [0.25, 0.3) is 0 Å². The Hall–Kier alpha value is 0.557. The summed E-state index contributed by atoms with van der Waals surface area (Å²) in [5.74, 6) is -0.795. The molecule has 0 spiro atoms. The second-order valence-electron chi connectivity index (χ2n) is 2.22. The molecular weight excluding hydrogens is 226 g/mol. The number of rotatable bonds is 5. The van der Waals surface area contributed by atoms with Crippen LogP contribution in [0.1, 0.15) is 19.3 Å². The SMILES string of the molecule is O=C(O)CCCC[Si](Cl)(Cl)Cl. The Kier molecular flexibility index (Phi) is 5.51. The van der Waals surface area contributed by atoms with E-state index < -0.39 is 12.0 Å². The Balaban J connectivity index is 3.22. The van der Waals surface area contributed by atoms with Gasteiger partial charge < -0.3 is 5.11 Å². The summed E-state index contributed by atoms with van der Waals surface area (Å²) in [7, 11) is 0. The number of carboxylic acid groups (broad SMARTS) is 1. The Bertz CT molecular complexity index is 134. The first-order chi connectivity index (χ1) is 4.92.